The van der Waals surface area contributed by atoms with Crippen molar-refractivity contribution in [3.63, 3.8) is 0 Å². The molecule has 0 aromatic heterocycles. The molecule has 0 bridgehead atoms. The molecule has 0 unspecified atom stereocenters. The molecular formula is C13H10BrClFNO2S. The van der Waals surface area contributed by atoms with Gasteiger partial charge in [-0.15, -0.1) is 0 Å². The highest BCUT2D eigenvalue weighted by Gasteiger charge is 2.20. The van der Waals surface area contributed by atoms with Crippen LogP contribution in [0.5, 0.6) is 0 Å². The van der Waals surface area contributed by atoms with Crippen molar-refractivity contribution in [3.8, 4) is 0 Å². The number of hydrogen-bond acceptors (Lipinski definition) is 3. The summed E-state index contributed by atoms with van der Waals surface area (Å²) in [5.74, 6) is -0.877. The second-order valence-electron chi connectivity index (χ2n) is 4.18. The number of sulfone groups is 1. The summed E-state index contributed by atoms with van der Waals surface area (Å²) < 4.78 is 38.3. The van der Waals surface area contributed by atoms with E-state index < -0.39 is 15.7 Å². The number of nitrogen functional groups attached to an aromatic ring is 1. The molecule has 106 valence electrons. The van der Waals surface area contributed by atoms with Crippen molar-refractivity contribution in [2.24, 2.45) is 0 Å². The summed E-state index contributed by atoms with van der Waals surface area (Å²) in [5.41, 5.74) is 5.91. The van der Waals surface area contributed by atoms with Gasteiger partial charge in [0, 0.05) is 9.50 Å². The van der Waals surface area contributed by atoms with Gasteiger partial charge < -0.3 is 5.73 Å². The van der Waals surface area contributed by atoms with Gasteiger partial charge in [-0.1, -0.05) is 33.6 Å². The van der Waals surface area contributed by atoms with Crippen LogP contribution < -0.4 is 5.73 Å². The third-order valence-electron chi connectivity index (χ3n) is 2.67. The smallest absolute Gasteiger partial charge is 0.184 e. The van der Waals surface area contributed by atoms with Crippen LogP contribution in [0.1, 0.15) is 5.56 Å². The third-order valence-corrected chi connectivity index (χ3v) is 5.25. The maximum atomic E-state index is 13.0. The fraction of sp³-hybridized carbons (Fsp3) is 0.0769. The summed E-state index contributed by atoms with van der Waals surface area (Å²) in [4.78, 5) is -0.0992. The molecule has 0 aliphatic heterocycles. The van der Waals surface area contributed by atoms with E-state index in [-0.39, 0.29) is 16.3 Å². The van der Waals surface area contributed by atoms with Crippen molar-refractivity contribution in [2.75, 3.05) is 5.73 Å². The largest absolute Gasteiger partial charge is 0.398 e. The number of rotatable bonds is 3. The first-order valence-corrected chi connectivity index (χ1v) is 8.33. The summed E-state index contributed by atoms with van der Waals surface area (Å²) >= 11 is 9.25. The van der Waals surface area contributed by atoms with E-state index in [1.165, 1.54) is 0 Å². The zero-order valence-corrected chi connectivity index (χ0v) is 13.3. The Morgan fingerprint density at radius 3 is 2.50 bits per heavy atom. The van der Waals surface area contributed by atoms with Crippen LogP contribution in [0.15, 0.2) is 45.8 Å². The van der Waals surface area contributed by atoms with Gasteiger partial charge in [-0.25, -0.2) is 12.8 Å². The fourth-order valence-corrected chi connectivity index (χ4v) is 4.05. The van der Waals surface area contributed by atoms with Gasteiger partial charge in [-0.05, 0) is 35.9 Å². The summed E-state index contributed by atoms with van der Waals surface area (Å²) in [6.07, 6.45) is 0. The molecule has 0 heterocycles. The molecule has 0 atom stereocenters. The molecule has 0 saturated carbocycles. The van der Waals surface area contributed by atoms with Crippen molar-refractivity contribution < 1.29 is 12.8 Å². The maximum Gasteiger partial charge on any atom is 0.184 e. The van der Waals surface area contributed by atoms with Crippen LogP contribution in [0.2, 0.25) is 5.02 Å². The highest BCUT2D eigenvalue weighted by atomic mass is 79.9. The van der Waals surface area contributed by atoms with Gasteiger partial charge in [0.2, 0.25) is 0 Å². The summed E-state index contributed by atoms with van der Waals surface area (Å²) in [7, 11) is -3.69. The second-order valence-corrected chi connectivity index (χ2v) is 7.46. The minimum absolute atomic E-state index is 0.0992. The normalized spacial score (nSPS) is 11.6. The lowest BCUT2D eigenvalue weighted by Crippen LogP contribution is -2.08. The number of benzene rings is 2. The van der Waals surface area contributed by atoms with Crippen LogP contribution in [0.25, 0.3) is 0 Å². The standard InChI is InChI=1S/C13H10BrClFNO2S/c14-9-2-1-8(11(15)5-9)7-20(18,19)13-4-3-10(16)6-12(13)17/h1-6H,7,17H2. The summed E-state index contributed by atoms with van der Waals surface area (Å²) in [6, 6.07) is 8.13. The molecule has 0 saturated heterocycles. The van der Waals surface area contributed by atoms with E-state index in [9.17, 15) is 12.8 Å². The Morgan fingerprint density at radius 1 is 1.20 bits per heavy atom. The lowest BCUT2D eigenvalue weighted by molar-refractivity contribution is 0.594. The SMILES string of the molecule is Nc1cc(F)ccc1S(=O)(=O)Cc1ccc(Br)cc1Cl. The number of nitrogens with two attached hydrogens (primary N) is 1. The van der Waals surface area contributed by atoms with Crippen molar-refractivity contribution in [1.29, 1.82) is 0 Å². The van der Waals surface area contributed by atoms with E-state index in [0.29, 0.717) is 10.6 Å². The van der Waals surface area contributed by atoms with Gasteiger partial charge in [-0.2, -0.15) is 0 Å². The Bertz CT molecular complexity index is 765. The van der Waals surface area contributed by atoms with Gasteiger partial charge in [0.1, 0.15) is 5.82 Å². The Morgan fingerprint density at radius 2 is 1.90 bits per heavy atom. The van der Waals surface area contributed by atoms with E-state index in [1.807, 2.05) is 0 Å². The number of anilines is 1. The quantitative estimate of drug-likeness (QED) is 0.653. The van der Waals surface area contributed by atoms with Gasteiger partial charge in [0.15, 0.2) is 9.84 Å². The van der Waals surface area contributed by atoms with Crippen LogP contribution in [-0.4, -0.2) is 8.42 Å². The minimum Gasteiger partial charge on any atom is -0.398 e. The first-order valence-electron chi connectivity index (χ1n) is 5.51. The maximum absolute atomic E-state index is 13.0. The fourth-order valence-electron chi connectivity index (χ4n) is 1.72. The van der Waals surface area contributed by atoms with Crippen molar-refractivity contribution in [3.05, 3.63) is 57.3 Å². The van der Waals surface area contributed by atoms with Crippen LogP contribution in [0.4, 0.5) is 10.1 Å². The average molecular weight is 379 g/mol. The molecule has 0 radical (unpaired) electrons. The van der Waals surface area contributed by atoms with Gasteiger partial charge in [-0.3, -0.25) is 0 Å². The van der Waals surface area contributed by atoms with Crippen LogP contribution in [0, 0.1) is 5.82 Å². The monoisotopic (exact) mass is 377 g/mol. The van der Waals surface area contributed by atoms with E-state index in [4.69, 9.17) is 17.3 Å². The molecule has 0 spiro atoms. The Hall–Kier alpha value is -1.11. The van der Waals surface area contributed by atoms with E-state index in [2.05, 4.69) is 15.9 Å². The van der Waals surface area contributed by atoms with Crippen molar-refractivity contribution in [1.82, 2.24) is 0 Å². The lowest BCUT2D eigenvalue weighted by atomic mass is 10.2. The van der Waals surface area contributed by atoms with Crippen LogP contribution in [-0.2, 0) is 15.6 Å². The molecule has 2 rings (SSSR count). The molecule has 0 fully saturated rings. The van der Waals surface area contributed by atoms with E-state index >= 15 is 0 Å². The van der Waals surface area contributed by atoms with Crippen molar-refractivity contribution >= 4 is 43.1 Å². The predicted molar refractivity (Wildman–Crippen MR) is 80.9 cm³/mol. The molecule has 2 aromatic carbocycles. The number of halogens is 3. The lowest BCUT2D eigenvalue weighted by Gasteiger charge is -2.09. The topological polar surface area (TPSA) is 60.2 Å². The van der Waals surface area contributed by atoms with Gasteiger partial charge in [0.25, 0.3) is 0 Å². The van der Waals surface area contributed by atoms with E-state index in [1.54, 1.807) is 18.2 Å². The zero-order chi connectivity index (χ0) is 14.9. The molecule has 0 amide bonds. The third kappa shape index (κ3) is 3.31. The first kappa shape index (κ1) is 15.3. The number of hydrogen-bond donors (Lipinski definition) is 1. The highest BCUT2D eigenvalue weighted by molar-refractivity contribution is 9.10. The second kappa shape index (κ2) is 5.71. The molecule has 7 heteroatoms. The summed E-state index contributed by atoms with van der Waals surface area (Å²) in [6.45, 7) is 0. The Kier molecular flexibility index (Phi) is 4.36. The van der Waals surface area contributed by atoms with Gasteiger partial charge in [0.05, 0.1) is 16.3 Å². The minimum atomic E-state index is -3.69. The molecule has 20 heavy (non-hydrogen) atoms. The molecule has 3 nitrogen and oxygen atoms in total. The first-order chi connectivity index (χ1) is 9.29. The Balaban J connectivity index is 2.41. The highest BCUT2D eigenvalue weighted by Crippen LogP contribution is 2.27. The molecular weight excluding hydrogens is 369 g/mol. The van der Waals surface area contributed by atoms with Crippen LogP contribution >= 0.6 is 27.5 Å². The van der Waals surface area contributed by atoms with E-state index in [0.717, 1.165) is 22.7 Å². The molecule has 2 aromatic rings. The summed E-state index contributed by atoms with van der Waals surface area (Å²) in [5, 5.41) is 0.337. The molecule has 0 aliphatic rings. The Labute approximate surface area is 129 Å². The molecule has 0 aliphatic carbocycles. The average Bonchev–Trinajstić information content (AvgIpc) is 2.32. The van der Waals surface area contributed by atoms with Gasteiger partial charge >= 0.3 is 0 Å². The van der Waals surface area contributed by atoms with Crippen molar-refractivity contribution in [2.45, 2.75) is 10.6 Å². The predicted octanol–water partition coefficient (Wildman–Crippen LogP) is 3.80. The molecule has 2 N–H and O–H groups in total. The van der Waals surface area contributed by atoms with Crippen LogP contribution in [0.3, 0.4) is 0 Å². The zero-order valence-electron chi connectivity index (χ0n) is 10.1.